The fourth-order valence-electron chi connectivity index (χ4n) is 3.10. The van der Waals surface area contributed by atoms with E-state index in [2.05, 4.69) is 6.92 Å². The molecule has 2 atom stereocenters. The summed E-state index contributed by atoms with van der Waals surface area (Å²) < 4.78 is 10.7. The lowest BCUT2D eigenvalue weighted by molar-refractivity contribution is -0.145. The maximum atomic E-state index is 11.4. The van der Waals surface area contributed by atoms with E-state index in [1.807, 2.05) is 6.92 Å². The summed E-state index contributed by atoms with van der Waals surface area (Å²) >= 11 is 0. The third-order valence-corrected chi connectivity index (χ3v) is 4.33. The summed E-state index contributed by atoms with van der Waals surface area (Å²) in [4.78, 5) is 11.4. The Balaban J connectivity index is 1.94. The first-order valence-electron chi connectivity index (χ1n) is 9.03. The van der Waals surface area contributed by atoms with Crippen LogP contribution in [0, 0.1) is 5.92 Å². The van der Waals surface area contributed by atoms with Crippen LogP contribution in [0.2, 0.25) is 0 Å². The van der Waals surface area contributed by atoms with Crippen molar-refractivity contribution in [1.82, 2.24) is 0 Å². The average Bonchev–Trinajstić information content (AvgIpc) is 2.89. The molecule has 0 spiro atoms. The molecular formula is C18H34O3. The SMILES string of the molecule is CCCCCCCCCC[C@@H]1CO[C@@H](CC(=O)OCC)C1. The number of carbonyl (C=O) groups is 1. The summed E-state index contributed by atoms with van der Waals surface area (Å²) in [5.41, 5.74) is 0. The maximum absolute atomic E-state index is 11.4. The van der Waals surface area contributed by atoms with Gasteiger partial charge < -0.3 is 9.47 Å². The molecule has 0 aromatic rings. The van der Waals surface area contributed by atoms with Gasteiger partial charge in [0.15, 0.2) is 0 Å². The Morgan fingerprint density at radius 3 is 2.38 bits per heavy atom. The van der Waals surface area contributed by atoms with Crippen molar-refractivity contribution in [3.8, 4) is 0 Å². The number of hydrogen-bond acceptors (Lipinski definition) is 3. The zero-order valence-electron chi connectivity index (χ0n) is 14.1. The van der Waals surface area contributed by atoms with Gasteiger partial charge in [-0.05, 0) is 25.7 Å². The summed E-state index contributed by atoms with van der Waals surface area (Å²) in [6.45, 7) is 5.41. The van der Waals surface area contributed by atoms with Gasteiger partial charge in [-0.3, -0.25) is 4.79 Å². The molecule has 0 unspecified atom stereocenters. The number of rotatable bonds is 12. The fraction of sp³-hybridized carbons (Fsp3) is 0.944. The Morgan fingerprint density at radius 1 is 1.05 bits per heavy atom. The van der Waals surface area contributed by atoms with Crippen molar-refractivity contribution >= 4 is 5.97 Å². The van der Waals surface area contributed by atoms with Crippen LogP contribution in [0.3, 0.4) is 0 Å². The van der Waals surface area contributed by atoms with Crippen molar-refractivity contribution in [2.75, 3.05) is 13.2 Å². The first-order valence-corrected chi connectivity index (χ1v) is 9.03. The van der Waals surface area contributed by atoms with Crippen molar-refractivity contribution in [2.24, 2.45) is 5.92 Å². The molecule has 1 fully saturated rings. The van der Waals surface area contributed by atoms with Gasteiger partial charge >= 0.3 is 5.97 Å². The molecule has 0 radical (unpaired) electrons. The lowest BCUT2D eigenvalue weighted by Crippen LogP contribution is -2.15. The first-order chi connectivity index (χ1) is 10.3. The zero-order valence-corrected chi connectivity index (χ0v) is 14.1. The second-order valence-electron chi connectivity index (χ2n) is 6.33. The predicted molar refractivity (Wildman–Crippen MR) is 86.3 cm³/mol. The van der Waals surface area contributed by atoms with Crippen LogP contribution < -0.4 is 0 Å². The molecule has 0 bridgehead atoms. The second kappa shape index (κ2) is 12.0. The minimum Gasteiger partial charge on any atom is -0.466 e. The van der Waals surface area contributed by atoms with Crippen LogP contribution in [-0.4, -0.2) is 25.3 Å². The number of hydrogen-bond donors (Lipinski definition) is 0. The molecule has 0 N–H and O–H groups in total. The van der Waals surface area contributed by atoms with Gasteiger partial charge in [0, 0.05) is 6.61 Å². The van der Waals surface area contributed by atoms with Crippen LogP contribution >= 0.6 is 0 Å². The maximum Gasteiger partial charge on any atom is 0.308 e. The molecule has 3 nitrogen and oxygen atoms in total. The number of ether oxygens (including phenoxy) is 2. The molecule has 1 aliphatic heterocycles. The molecule has 1 saturated heterocycles. The van der Waals surface area contributed by atoms with Gasteiger partial charge in [-0.25, -0.2) is 0 Å². The molecule has 1 heterocycles. The van der Waals surface area contributed by atoms with Crippen molar-refractivity contribution in [3.63, 3.8) is 0 Å². The highest BCUT2D eigenvalue weighted by Crippen LogP contribution is 2.27. The van der Waals surface area contributed by atoms with E-state index in [0.29, 0.717) is 18.9 Å². The summed E-state index contributed by atoms with van der Waals surface area (Å²) in [6.07, 6.45) is 13.8. The topological polar surface area (TPSA) is 35.5 Å². The molecule has 0 saturated carbocycles. The summed E-state index contributed by atoms with van der Waals surface area (Å²) in [5, 5.41) is 0. The molecule has 0 amide bonds. The van der Waals surface area contributed by atoms with Crippen LogP contribution in [0.15, 0.2) is 0 Å². The quantitative estimate of drug-likeness (QED) is 0.381. The highest BCUT2D eigenvalue weighted by molar-refractivity contribution is 5.69. The van der Waals surface area contributed by atoms with Gasteiger partial charge in [-0.15, -0.1) is 0 Å². The Hall–Kier alpha value is -0.570. The molecule has 1 aliphatic rings. The zero-order chi connectivity index (χ0) is 15.3. The highest BCUT2D eigenvalue weighted by atomic mass is 16.5. The summed E-state index contributed by atoms with van der Waals surface area (Å²) in [6, 6.07) is 0. The molecule has 0 aromatic carbocycles. The van der Waals surface area contributed by atoms with E-state index in [0.717, 1.165) is 13.0 Å². The second-order valence-corrected chi connectivity index (χ2v) is 6.33. The smallest absolute Gasteiger partial charge is 0.308 e. The van der Waals surface area contributed by atoms with Crippen molar-refractivity contribution in [3.05, 3.63) is 0 Å². The van der Waals surface area contributed by atoms with Gasteiger partial charge in [0.25, 0.3) is 0 Å². The summed E-state index contributed by atoms with van der Waals surface area (Å²) in [7, 11) is 0. The minimum absolute atomic E-state index is 0.100. The molecular weight excluding hydrogens is 264 g/mol. The predicted octanol–water partition coefficient (Wildman–Crippen LogP) is 4.88. The third-order valence-electron chi connectivity index (χ3n) is 4.33. The van der Waals surface area contributed by atoms with Crippen molar-refractivity contribution in [2.45, 2.75) is 90.6 Å². The number of unbranched alkanes of at least 4 members (excludes halogenated alkanes) is 7. The van der Waals surface area contributed by atoms with Crippen molar-refractivity contribution < 1.29 is 14.3 Å². The molecule has 124 valence electrons. The van der Waals surface area contributed by atoms with Gasteiger partial charge in [0.2, 0.25) is 0 Å². The van der Waals surface area contributed by atoms with Gasteiger partial charge in [0.1, 0.15) is 0 Å². The molecule has 21 heavy (non-hydrogen) atoms. The lowest BCUT2D eigenvalue weighted by Gasteiger charge is -2.09. The normalized spacial score (nSPS) is 21.6. The monoisotopic (exact) mass is 298 g/mol. The number of esters is 1. The number of carbonyl (C=O) groups excluding carboxylic acids is 1. The average molecular weight is 298 g/mol. The van der Waals surface area contributed by atoms with Gasteiger partial charge in [0.05, 0.1) is 19.1 Å². The molecule has 1 rings (SSSR count). The largest absolute Gasteiger partial charge is 0.466 e. The van der Waals surface area contributed by atoms with Crippen LogP contribution in [0.5, 0.6) is 0 Å². The first kappa shape index (κ1) is 18.5. The highest BCUT2D eigenvalue weighted by Gasteiger charge is 2.27. The van der Waals surface area contributed by atoms with E-state index < -0.39 is 0 Å². The van der Waals surface area contributed by atoms with E-state index in [1.54, 1.807) is 0 Å². The molecule has 0 aliphatic carbocycles. The standard InChI is InChI=1S/C18H34O3/c1-3-5-6-7-8-9-10-11-12-16-13-17(21-15-16)14-18(19)20-4-2/h16-17H,3-15H2,1-2H3/t16-,17+/m0/s1. The third kappa shape index (κ3) is 9.13. The summed E-state index contributed by atoms with van der Waals surface area (Å²) in [5.74, 6) is 0.541. The Labute approximate surface area is 130 Å². The van der Waals surface area contributed by atoms with Crippen LogP contribution in [0.4, 0.5) is 0 Å². The molecule has 3 heteroatoms. The minimum atomic E-state index is -0.116. The van der Waals surface area contributed by atoms with E-state index >= 15 is 0 Å². The van der Waals surface area contributed by atoms with Crippen LogP contribution in [-0.2, 0) is 14.3 Å². The van der Waals surface area contributed by atoms with E-state index in [-0.39, 0.29) is 12.1 Å². The van der Waals surface area contributed by atoms with Crippen molar-refractivity contribution in [1.29, 1.82) is 0 Å². The fourth-order valence-corrected chi connectivity index (χ4v) is 3.10. The van der Waals surface area contributed by atoms with Crippen LogP contribution in [0.1, 0.15) is 84.5 Å². The van der Waals surface area contributed by atoms with E-state index in [4.69, 9.17) is 9.47 Å². The van der Waals surface area contributed by atoms with Crippen LogP contribution in [0.25, 0.3) is 0 Å². The van der Waals surface area contributed by atoms with E-state index in [9.17, 15) is 4.79 Å². The Kier molecular flexibility index (Phi) is 10.6. The van der Waals surface area contributed by atoms with Gasteiger partial charge in [-0.1, -0.05) is 58.3 Å². The van der Waals surface area contributed by atoms with Gasteiger partial charge in [-0.2, -0.15) is 0 Å². The lowest BCUT2D eigenvalue weighted by atomic mass is 9.96. The molecule has 0 aromatic heterocycles. The Morgan fingerprint density at radius 2 is 1.71 bits per heavy atom. The van der Waals surface area contributed by atoms with E-state index in [1.165, 1.54) is 57.8 Å². The Bertz CT molecular complexity index is 265.